The number of aryl methyl sites for hydroxylation is 2. The molecule has 5 heteroatoms. The highest BCUT2D eigenvalue weighted by Gasteiger charge is 2.11. The molecule has 0 saturated heterocycles. The van der Waals surface area contributed by atoms with E-state index in [4.69, 9.17) is 0 Å². The van der Waals surface area contributed by atoms with E-state index in [2.05, 4.69) is 39.4 Å². The number of nitrogens with zero attached hydrogens (tertiary/aromatic N) is 4. The van der Waals surface area contributed by atoms with Crippen LogP contribution in [0.3, 0.4) is 0 Å². The first kappa shape index (κ1) is 13.7. The van der Waals surface area contributed by atoms with Gasteiger partial charge in [0.2, 0.25) is 0 Å². The van der Waals surface area contributed by atoms with Crippen LogP contribution in [0, 0.1) is 0 Å². The van der Waals surface area contributed by atoms with Gasteiger partial charge in [-0.3, -0.25) is 9.67 Å². The molecular weight excluding hydrogens is 238 g/mol. The lowest BCUT2D eigenvalue weighted by atomic mass is 10.0. The Morgan fingerprint density at radius 3 is 2.79 bits per heavy atom. The Morgan fingerprint density at radius 2 is 2.11 bits per heavy atom. The van der Waals surface area contributed by atoms with E-state index in [1.807, 2.05) is 24.1 Å². The quantitative estimate of drug-likeness (QED) is 0.818. The van der Waals surface area contributed by atoms with Crippen molar-refractivity contribution in [3.05, 3.63) is 42.2 Å². The van der Waals surface area contributed by atoms with Gasteiger partial charge in [0, 0.05) is 31.4 Å². The van der Waals surface area contributed by atoms with Crippen molar-refractivity contribution in [2.45, 2.75) is 38.8 Å². The summed E-state index contributed by atoms with van der Waals surface area (Å²) in [6.45, 7) is 2.96. The number of nitrogens with one attached hydrogen (secondary N) is 1. The van der Waals surface area contributed by atoms with E-state index in [1.54, 1.807) is 6.33 Å². The van der Waals surface area contributed by atoms with Gasteiger partial charge in [-0.2, -0.15) is 5.10 Å². The molecule has 102 valence electrons. The van der Waals surface area contributed by atoms with E-state index in [-0.39, 0.29) is 0 Å². The van der Waals surface area contributed by atoms with Gasteiger partial charge < -0.3 is 5.32 Å². The van der Waals surface area contributed by atoms with Gasteiger partial charge in [-0.1, -0.05) is 0 Å². The Hall–Kier alpha value is -1.75. The average molecular weight is 259 g/mol. The van der Waals surface area contributed by atoms with Crippen LogP contribution in [-0.2, 0) is 19.4 Å². The first-order valence-corrected chi connectivity index (χ1v) is 6.76. The van der Waals surface area contributed by atoms with Crippen molar-refractivity contribution in [2.75, 3.05) is 7.05 Å². The lowest BCUT2D eigenvalue weighted by molar-refractivity contribution is 0.488. The third-order valence-corrected chi connectivity index (χ3v) is 3.36. The number of hydrogen-bond acceptors (Lipinski definition) is 4. The smallest absolute Gasteiger partial charge is 0.138 e. The Labute approximate surface area is 114 Å². The highest BCUT2D eigenvalue weighted by molar-refractivity contribution is 5.10. The molecule has 2 aromatic heterocycles. The fourth-order valence-corrected chi connectivity index (χ4v) is 2.17. The van der Waals surface area contributed by atoms with Crippen LogP contribution in [0.2, 0.25) is 0 Å². The van der Waals surface area contributed by atoms with E-state index in [1.165, 1.54) is 5.56 Å². The number of likely N-dealkylation sites (N-methyl/N-ethyl adjacent to an activating group) is 1. The summed E-state index contributed by atoms with van der Waals surface area (Å²) in [7, 11) is 2.00. The molecule has 0 saturated carbocycles. The van der Waals surface area contributed by atoms with Crippen molar-refractivity contribution in [1.29, 1.82) is 0 Å². The molecule has 0 aliphatic heterocycles. The van der Waals surface area contributed by atoms with Crippen LogP contribution in [0.4, 0.5) is 0 Å². The summed E-state index contributed by atoms with van der Waals surface area (Å²) in [6, 6.07) is 4.56. The maximum absolute atomic E-state index is 4.33. The zero-order chi connectivity index (χ0) is 13.5. The highest BCUT2D eigenvalue weighted by Crippen LogP contribution is 2.08. The van der Waals surface area contributed by atoms with Gasteiger partial charge >= 0.3 is 0 Å². The monoisotopic (exact) mass is 259 g/mol. The summed E-state index contributed by atoms with van der Waals surface area (Å²) in [6.07, 6.45) is 8.37. The molecule has 1 atom stereocenters. The van der Waals surface area contributed by atoms with Gasteiger partial charge in [-0.25, -0.2) is 4.98 Å². The predicted molar refractivity (Wildman–Crippen MR) is 74.8 cm³/mol. The third kappa shape index (κ3) is 3.86. The summed E-state index contributed by atoms with van der Waals surface area (Å²) in [4.78, 5) is 8.37. The number of aromatic nitrogens is 4. The van der Waals surface area contributed by atoms with Crippen molar-refractivity contribution < 1.29 is 0 Å². The van der Waals surface area contributed by atoms with Crippen molar-refractivity contribution >= 4 is 0 Å². The Morgan fingerprint density at radius 1 is 1.32 bits per heavy atom. The molecule has 0 radical (unpaired) electrons. The summed E-state index contributed by atoms with van der Waals surface area (Å²) >= 11 is 0. The van der Waals surface area contributed by atoms with E-state index in [0.29, 0.717) is 6.04 Å². The predicted octanol–water partition coefficient (Wildman–Crippen LogP) is 1.46. The summed E-state index contributed by atoms with van der Waals surface area (Å²) < 4.78 is 1.96. The lowest BCUT2D eigenvalue weighted by Gasteiger charge is -2.15. The van der Waals surface area contributed by atoms with Crippen LogP contribution in [-0.4, -0.2) is 32.8 Å². The summed E-state index contributed by atoms with van der Waals surface area (Å²) in [5.74, 6) is 1.05. The van der Waals surface area contributed by atoms with E-state index >= 15 is 0 Å². The largest absolute Gasteiger partial charge is 0.317 e. The molecule has 0 aromatic carbocycles. The summed E-state index contributed by atoms with van der Waals surface area (Å²) in [5, 5.41) is 7.57. The van der Waals surface area contributed by atoms with Gasteiger partial charge in [0.1, 0.15) is 12.2 Å². The molecule has 1 N–H and O–H groups in total. The molecular formula is C14H21N5. The molecule has 1 unspecified atom stereocenters. The molecule has 0 aliphatic rings. The Balaban J connectivity index is 1.90. The first-order chi connectivity index (χ1) is 9.33. The SMILES string of the molecule is CCn1ncnc1CC(CCc1ccncc1)NC. The van der Waals surface area contributed by atoms with Crippen LogP contribution < -0.4 is 5.32 Å². The number of hydrogen-bond donors (Lipinski definition) is 1. The van der Waals surface area contributed by atoms with Crippen molar-refractivity contribution in [1.82, 2.24) is 25.1 Å². The van der Waals surface area contributed by atoms with Crippen molar-refractivity contribution in [3.63, 3.8) is 0 Å². The molecule has 2 rings (SSSR count). The van der Waals surface area contributed by atoms with Crippen LogP contribution >= 0.6 is 0 Å². The normalized spacial score (nSPS) is 12.5. The maximum Gasteiger partial charge on any atom is 0.138 e. The maximum atomic E-state index is 4.33. The molecule has 5 nitrogen and oxygen atoms in total. The van der Waals surface area contributed by atoms with Gasteiger partial charge in [-0.05, 0) is 44.5 Å². The Bertz CT molecular complexity index is 480. The molecule has 0 bridgehead atoms. The van der Waals surface area contributed by atoms with Gasteiger partial charge in [0.25, 0.3) is 0 Å². The highest BCUT2D eigenvalue weighted by atomic mass is 15.3. The first-order valence-electron chi connectivity index (χ1n) is 6.76. The van der Waals surface area contributed by atoms with Crippen LogP contribution in [0.15, 0.2) is 30.9 Å². The topological polar surface area (TPSA) is 55.6 Å². The lowest BCUT2D eigenvalue weighted by Crippen LogP contribution is -2.29. The molecule has 0 spiro atoms. The minimum Gasteiger partial charge on any atom is -0.317 e. The fourth-order valence-electron chi connectivity index (χ4n) is 2.17. The second-order valence-corrected chi connectivity index (χ2v) is 4.58. The number of rotatable bonds is 7. The standard InChI is InChI=1S/C14H21N5/c1-3-19-14(17-11-18-19)10-13(15-2)5-4-12-6-8-16-9-7-12/h6-9,11,13,15H,3-5,10H2,1-2H3. The Kier molecular flexibility index (Phi) is 5.03. The fraction of sp³-hybridized carbons (Fsp3) is 0.500. The van der Waals surface area contributed by atoms with Gasteiger partial charge in [0.05, 0.1) is 0 Å². The average Bonchev–Trinajstić information content (AvgIpc) is 2.91. The zero-order valence-electron chi connectivity index (χ0n) is 11.6. The third-order valence-electron chi connectivity index (χ3n) is 3.36. The van der Waals surface area contributed by atoms with Crippen LogP contribution in [0.25, 0.3) is 0 Å². The van der Waals surface area contributed by atoms with Gasteiger partial charge in [0.15, 0.2) is 0 Å². The van der Waals surface area contributed by atoms with Crippen molar-refractivity contribution in [3.8, 4) is 0 Å². The molecule has 19 heavy (non-hydrogen) atoms. The van der Waals surface area contributed by atoms with E-state index < -0.39 is 0 Å². The molecule has 2 heterocycles. The van der Waals surface area contributed by atoms with E-state index in [0.717, 1.165) is 31.6 Å². The van der Waals surface area contributed by atoms with E-state index in [9.17, 15) is 0 Å². The molecule has 2 aromatic rings. The molecule has 0 fully saturated rings. The summed E-state index contributed by atoms with van der Waals surface area (Å²) in [5.41, 5.74) is 1.33. The number of pyridine rings is 1. The molecule has 0 amide bonds. The van der Waals surface area contributed by atoms with Crippen LogP contribution in [0.1, 0.15) is 24.7 Å². The van der Waals surface area contributed by atoms with Crippen LogP contribution in [0.5, 0.6) is 0 Å². The van der Waals surface area contributed by atoms with Crippen molar-refractivity contribution in [2.24, 2.45) is 0 Å². The zero-order valence-corrected chi connectivity index (χ0v) is 11.6. The minimum atomic E-state index is 0.419. The second kappa shape index (κ2) is 6.99. The second-order valence-electron chi connectivity index (χ2n) is 4.58. The molecule has 0 aliphatic carbocycles. The van der Waals surface area contributed by atoms with Gasteiger partial charge in [-0.15, -0.1) is 0 Å². The minimum absolute atomic E-state index is 0.419.